The van der Waals surface area contributed by atoms with Gasteiger partial charge in [-0.1, -0.05) is 30.3 Å². The Morgan fingerprint density at radius 1 is 0.500 bits per heavy atom. The van der Waals surface area contributed by atoms with E-state index < -0.39 is 53.4 Å². The predicted molar refractivity (Wildman–Crippen MR) is 67.1 cm³/mol. The molecule has 0 fully saturated rings. The largest absolute Gasteiger partial charge is 0.460 e. The minimum Gasteiger partial charge on any atom is -0.382 e. The third kappa shape index (κ3) is 3.36. The van der Waals surface area contributed by atoms with Crippen LogP contribution in [0.4, 0.5) is 65.9 Å². The summed E-state index contributed by atoms with van der Waals surface area (Å²) in [6.45, 7) is 0. The molecule has 0 saturated heterocycles. The van der Waals surface area contributed by atoms with Gasteiger partial charge in [-0.3, -0.25) is 0 Å². The first-order valence-electron chi connectivity index (χ1n) is 7.08. The summed E-state index contributed by atoms with van der Waals surface area (Å²) in [6, 6.07) is 3.32. The Morgan fingerprint density at radius 3 is 1.20 bits per heavy atom. The number of benzene rings is 1. The van der Waals surface area contributed by atoms with Gasteiger partial charge in [-0.15, -0.1) is 0 Å². The Labute approximate surface area is 156 Å². The van der Waals surface area contributed by atoms with E-state index in [9.17, 15) is 71.0 Å². The zero-order valence-electron chi connectivity index (χ0n) is 13.6. The van der Waals surface area contributed by atoms with Crippen LogP contribution in [0.25, 0.3) is 0 Å². The zero-order valence-corrected chi connectivity index (χ0v) is 13.6. The van der Waals surface area contributed by atoms with Crippen LogP contribution < -0.4 is 0 Å². The average molecular weight is 476 g/mol. The summed E-state index contributed by atoms with van der Waals surface area (Å²) in [6.07, 6.45) is -11.7. The van der Waals surface area contributed by atoms with Crippen molar-refractivity contribution in [3.05, 3.63) is 35.9 Å². The second-order valence-electron chi connectivity index (χ2n) is 5.81. The molecule has 0 heterocycles. The van der Waals surface area contributed by atoms with Gasteiger partial charge in [0.25, 0.3) is 0 Å². The summed E-state index contributed by atoms with van der Waals surface area (Å²) >= 11 is 0. The van der Waals surface area contributed by atoms with E-state index >= 15 is 0 Å². The van der Waals surface area contributed by atoms with Crippen LogP contribution in [-0.4, -0.2) is 46.8 Å². The fraction of sp³-hybridized carbons (Fsp3) is 0.571. The second kappa shape index (κ2) is 7.09. The summed E-state index contributed by atoms with van der Waals surface area (Å²) in [7, 11) is 0. The second-order valence-corrected chi connectivity index (χ2v) is 5.81. The van der Waals surface area contributed by atoms with Crippen molar-refractivity contribution in [2.24, 2.45) is 0 Å². The average Bonchev–Trinajstić information content (AvgIpc) is 2.59. The molecule has 1 atom stereocenters. The van der Waals surface area contributed by atoms with Gasteiger partial charge in [-0.25, -0.2) is 0 Å². The number of alkyl halides is 15. The van der Waals surface area contributed by atoms with Gasteiger partial charge >= 0.3 is 41.7 Å². The minimum atomic E-state index is -8.37. The molecule has 0 aliphatic heterocycles. The lowest BCUT2D eigenvalue weighted by Gasteiger charge is -2.42. The fourth-order valence-electron chi connectivity index (χ4n) is 2.00. The van der Waals surface area contributed by atoms with E-state index in [1.807, 2.05) is 0 Å². The highest BCUT2D eigenvalue weighted by Crippen LogP contribution is 2.63. The predicted octanol–water partition coefficient (Wildman–Crippen LogP) is 6.09. The van der Waals surface area contributed by atoms with Gasteiger partial charge in [0.05, 0.1) is 0 Å². The van der Waals surface area contributed by atoms with Gasteiger partial charge in [0.1, 0.15) is 6.10 Å². The first-order chi connectivity index (χ1) is 13.0. The topological polar surface area (TPSA) is 20.2 Å². The Bertz CT molecular complexity index is 737. The number of aliphatic hydroxyl groups excluding tert-OH is 1. The fourth-order valence-corrected chi connectivity index (χ4v) is 2.00. The van der Waals surface area contributed by atoms with Crippen LogP contribution in [0.5, 0.6) is 0 Å². The maximum Gasteiger partial charge on any atom is 0.460 e. The van der Waals surface area contributed by atoms with Crippen LogP contribution in [0, 0.1) is 0 Å². The van der Waals surface area contributed by atoms with Crippen molar-refractivity contribution in [3.8, 4) is 0 Å². The summed E-state index contributed by atoms with van der Waals surface area (Å²) in [4.78, 5) is 0. The molecule has 0 saturated carbocycles. The maximum atomic E-state index is 13.8. The van der Waals surface area contributed by atoms with E-state index in [0.29, 0.717) is 12.1 Å². The third-order valence-electron chi connectivity index (χ3n) is 3.81. The molecule has 0 aromatic heterocycles. The van der Waals surface area contributed by atoms with Crippen molar-refractivity contribution in [2.45, 2.75) is 47.8 Å². The molecule has 0 spiro atoms. The molecule has 0 aliphatic carbocycles. The summed E-state index contributed by atoms with van der Waals surface area (Å²) in [5.74, 6) is -47.4. The van der Waals surface area contributed by atoms with Crippen molar-refractivity contribution in [1.82, 2.24) is 0 Å². The summed E-state index contributed by atoms with van der Waals surface area (Å²) < 4.78 is 196. The van der Waals surface area contributed by atoms with Crippen molar-refractivity contribution in [3.63, 3.8) is 0 Å². The highest BCUT2D eigenvalue weighted by atomic mass is 19.4. The Balaban J connectivity index is 3.59. The lowest BCUT2D eigenvalue weighted by Crippen LogP contribution is -2.73. The van der Waals surface area contributed by atoms with Gasteiger partial charge in [0.2, 0.25) is 0 Å². The molecule has 1 nitrogen and oxygen atoms in total. The first-order valence-corrected chi connectivity index (χ1v) is 7.08. The molecule has 1 N–H and O–H groups in total. The normalized spacial score (nSPS) is 16.5. The lowest BCUT2D eigenvalue weighted by molar-refractivity contribution is -0.456. The van der Waals surface area contributed by atoms with E-state index in [2.05, 4.69) is 0 Å². The van der Waals surface area contributed by atoms with Crippen LogP contribution in [0.15, 0.2) is 30.3 Å². The number of rotatable bonds is 7. The van der Waals surface area contributed by atoms with Gasteiger partial charge in [-0.2, -0.15) is 65.9 Å². The van der Waals surface area contributed by atoms with E-state index in [0.717, 1.165) is 18.2 Å². The smallest absolute Gasteiger partial charge is 0.382 e. The third-order valence-corrected chi connectivity index (χ3v) is 3.81. The van der Waals surface area contributed by atoms with Crippen LogP contribution in [0.1, 0.15) is 11.7 Å². The van der Waals surface area contributed by atoms with Gasteiger partial charge in [0, 0.05) is 0 Å². The zero-order chi connectivity index (χ0) is 24.2. The lowest BCUT2D eigenvalue weighted by atomic mass is 9.88. The molecule has 0 bridgehead atoms. The van der Waals surface area contributed by atoms with E-state index in [1.165, 1.54) is 0 Å². The molecule has 0 aliphatic rings. The molecular weight excluding hydrogens is 469 g/mol. The van der Waals surface area contributed by atoms with Crippen molar-refractivity contribution >= 4 is 0 Å². The van der Waals surface area contributed by atoms with Crippen molar-refractivity contribution in [2.75, 3.05) is 0 Å². The van der Waals surface area contributed by atoms with Crippen molar-refractivity contribution in [1.29, 1.82) is 0 Å². The van der Waals surface area contributed by atoms with Gasteiger partial charge in [0.15, 0.2) is 0 Å². The van der Waals surface area contributed by atoms with Crippen LogP contribution in [0.3, 0.4) is 0 Å². The molecule has 0 amide bonds. The molecule has 30 heavy (non-hydrogen) atoms. The molecule has 16 heteroatoms. The Morgan fingerprint density at radius 2 is 0.833 bits per heavy atom. The molecule has 0 radical (unpaired) electrons. The maximum absolute atomic E-state index is 13.8. The molecule has 174 valence electrons. The monoisotopic (exact) mass is 476 g/mol. The van der Waals surface area contributed by atoms with E-state index in [1.54, 1.807) is 0 Å². The van der Waals surface area contributed by atoms with E-state index in [4.69, 9.17) is 0 Å². The minimum absolute atomic E-state index is 0.386. The highest BCUT2D eigenvalue weighted by Gasteiger charge is 2.93. The molecule has 1 rings (SSSR count). The summed E-state index contributed by atoms with van der Waals surface area (Å²) in [5, 5.41) is 9.18. The molecular formula is C14H7F15O. The molecule has 0 unspecified atom stereocenters. The first kappa shape index (κ1) is 26.2. The number of hydrogen-bond acceptors (Lipinski definition) is 1. The molecule has 1 aromatic carbocycles. The van der Waals surface area contributed by atoms with Crippen molar-refractivity contribution < 1.29 is 71.0 Å². The summed E-state index contributed by atoms with van der Waals surface area (Å²) in [5.41, 5.74) is -1.33. The van der Waals surface area contributed by atoms with Crippen LogP contribution >= 0.6 is 0 Å². The highest BCUT2D eigenvalue weighted by molar-refractivity contribution is 5.23. The standard InChI is InChI=1S/C14H7F15O/c15-8(16,7(30)6-4-2-1-3-5-6)9(17,18)10(19,20)11(21,22)12(23,24)13(25,26)14(27,28)29/h1-5,7,30H/t7-/m1/s1. The van der Waals surface area contributed by atoms with E-state index in [-0.39, 0.29) is 0 Å². The van der Waals surface area contributed by atoms with Gasteiger partial charge < -0.3 is 5.11 Å². The Hall–Kier alpha value is -1.87. The van der Waals surface area contributed by atoms with Crippen LogP contribution in [-0.2, 0) is 0 Å². The number of halogens is 15. The van der Waals surface area contributed by atoms with Gasteiger partial charge in [-0.05, 0) is 5.56 Å². The number of aliphatic hydroxyl groups is 1. The SMILES string of the molecule is O[C@H](c1ccccc1)C(F)(F)C(F)(F)C(F)(F)C(F)(F)C(F)(F)C(F)(F)C(F)(F)F. The number of hydrogen-bond donors (Lipinski definition) is 1. The quantitative estimate of drug-likeness (QED) is 0.473. The van der Waals surface area contributed by atoms with Crippen LogP contribution in [0.2, 0.25) is 0 Å². The Kier molecular flexibility index (Phi) is 6.18. The molecule has 1 aromatic rings.